The van der Waals surface area contributed by atoms with Crippen molar-refractivity contribution in [2.24, 2.45) is 11.8 Å². The fourth-order valence-electron chi connectivity index (χ4n) is 4.97. The molecule has 0 aromatic carbocycles. The van der Waals surface area contributed by atoms with Crippen molar-refractivity contribution in [3.05, 3.63) is 0 Å². The highest BCUT2D eigenvalue weighted by Gasteiger charge is 2.50. The number of nitrogens with zero attached hydrogens (tertiary/aromatic N) is 1. The molecule has 0 radical (unpaired) electrons. The van der Waals surface area contributed by atoms with Crippen molar-refractivity contribution >= 4 is 0 Å². The second-order valence-corrected chi connectivity index (χ2v) is 7.44. The number of likely N-dealkylation sites (N-methyl/N-ethyl adjacent to an activating group) is 1. The third-order valence-electron chi connectivity index (χ3n) is 6.19. The smallest absolute Gasteiger partial charge is 0.0939 e. The average molecular weight is 297 g/mol. The van der Waals surface area contributed by atoms with E-state index in [4.69, 9.17) is 15.3 Å². The van der Waals surface area contributed by atoms with E-state index in [0.717, 1.165) is 39.1 Å². The van der Waals surface area contributed by atoms with E-state index in [9.17, 15) is 0 Å². The Hall–Kier alpha value is -0.200. The van der Waals surface area contributed by atoms with Crippen molar-refractivity contribution in [1.82, 2.24) is 10.3 Å². The topological polar surface area (TPSA) is 59.8 Å². The molecule has 0 aromatic heterocycles. The van der Waals surface area contributed by atoms with Gasteiger partial charge in [0.15, 0.2) is 0 Å². The van der Waals surface area contributed by atoms with E-state index in [2.05, 4.69) is 24.4 Å². The van der Waals surface area contributed by atoms with Gasteiger partial charge >= 0.3 is 0 Å². The van der Waals surface area contributed by atoms with E-state index in [1.54, 1.807) is 0 Å². The molecule has 3 aliphatic rings. The van der Waals surface area contributed by atoms with Gasteiger partial charge in [0.05, 0.1) is 12.2 Å². The predicted molar refractivity (Wildman–Crippen MR) is 82.8 cm³/mol. The maximum atomic E-state index is 6.10. The Morgan fingerprint density at radius 2 is 1.95 bits per heavy atom. The third-order valence-corrected chi connectivity index (χ3v) is 6.19. The summed E-state index contributed by atoms with van der Waals surface area (Å²) in [6.07, 6.45) is 8.34. The van der Waals surface area contributed by atoms with Crippen LogP contribution in [0.3, 0.4) is 0 Å². The van der Waals surface area contributed by atoms with Crippen LogP contribution in [0, 0.1) is 5.92 Å². The Balaban J connectivity index is 1.78. The molecule has 122 valence electrons. The predicted octanol–water partition coefficient (Wildman–Crippen LogP) is 1.28. The lowest BCUT2D eigenvalue weighted by molar-refractivity contribution is -0.111. The zero-order chi connectivity index (χ0) is 14.9. The highest BCUT2D eigenvalue weighted by Crippen LogP contribution is 2.44. The number of nitrogens with two attached hydrogens (primary N) is 1. The van der Waals surface area contributed by atoms with Crippen molar-refractivity contribution in [2.75, 3.05) is 33.9 Å². The summed E-state index contributed by atoms with van der Waals surface area (Å²) in [5, 5.41) is 0. The summed E-state index contributed by atoms with van der Waals surface area (Å²) in [5.41, 5.74) is 3.37. The highest BCUT2D eigenvalue weighted by atomic mass is 16.6. The van der Waals surface area contributed by atoms with Gasteiger partial charge < -0.3 is 14.4 Å². The molecule has 2 aliphatic heterocycles. The molecule has 0 amide bonds. The van der Waals surface area contributed by atoms with E-state index in [1.807, 2.05) is 0 Å². The quantitative estimate of drug-likeness (QED) is 0.605. The minimum absolute atomic E-state index is 0.0376. The van der Waals surface area contributed by atoms with Crippen molar-refractivity contribution in [3.63, 3.8) is 0 Å². The molecule has 2 heterocycles. The third kappa shape index (κ3) is 2.75. The van der Waals surface area contributed by atoms with Crippen LogP contribution in [-0.2, 0) is 9.47 Å². The van der Waals surface area contributed by atoms with Crippen molar-refractivity contribution < 1.29 is 9.47 Å². The van der Waals surface area contributed by atoms with Crippen LogP contribution in [-0.4, -0.2) is 56.0 Å². The fraction of sp³-hybridized carbons (Fsp3) is 1.00. The van der Waals surface area contributed by atoms with Gasteiger partial charge in [-0.2, -0.15) is 0 Å². The Kier molecular flexibility index (Phi) is 4.58. The number of rotatable bonds is 4. The number of nitrogens with one attached hydrogen (secondary N) is 1. The van der Waals surface area contributed by atoms with Gasteiger partial charge in [-0.25, -0.2) is 0 Å². The molecular weight excluding hydrogens is 266 g/mol. The molecular formula is C16H31N3O2. The number of hydrogen-bond acceptors (Lipinski definition) is 5. The lowest BCUT2D eigenvalue weighted by Crippen LogP contribution is -2.64. The summed E-state index contributed by atoms with van der Waals surface area (Å²) in [5.74, 6) is 6.62. The first-order valence-corrected chi connectivity index (χ1v) is 8.47. The summed E-state index contributed by atoms with van der Waals surface area (Å²) < 4.78 is 11.7. The molecule has 3 unspecified atom stereocenters. The van der Waals surface area contributed by atoms with Gasteiger partial charge in [0.2, 0.25) is 0 Å². The number of ether oxygens (including phenoxy) is 2. The van der Waals surface area contributed by atoms with E-state index < -0.39 is 0 Å². The van der Waals surface area contributed by atoms with E-state index in [0.29, 0.717) is 12.0 Å². The first-order valence-electron chi connectivity index (χ1n) is 8.47. The molecule has 5 nitrogen and oxygen atoms in total. The average Bonchev–Trinajstić information content (AvgIpc) is 3.11. The molecule has 1 saturated carbocycles. The van der Waals surface area contributed by atoms with Crippen LogP contribution in [0.4, 0.5) is 0 Å². The lowest BCUT2D eigenvalue weighted by atomic mass is 9.72. The summed E-state index contributed by atoms with van der Waals surface area (Å²) in [6.45, 7) is 2.44. The van der Waals surface area contributed by atoms with Crippen LogP contribution in [0.2, 0.25) is 0 Å². The molecule has 3 fully saturated rings. The van der Waals surface area contributed by atoms with Crippen LogP contribution in [0.5, 0.6) is 0 Å². The first kappa shape index (κ1) is 15.7. The second kappa shape index (κ2) is 6.13. The lowest BCUT2D eigenvalue weighted by Gasteiger charge is -2.49. The van der Waals surface area contributed by atoms with E-state index in [-0.39, 0.29) is 11.1 Å². The van der Waals surface area contributed by atoms with E-state index >= 15 is 0 Å². The Morgan fingerprint density at radius 3 is 2.52 bits per heavy atom. The van der Waals surface area contributed by atoms with Gasteiger partial charge in [-0.15, -0.1) is 0 Å². The first-order chi connectivity index (χ1) is 10.1. The van der Waals surface area contributed by atoms with Crippen LogP contribution in [0.15, 0.2) is 0 Å². The minimum Gasteiger partial charge on any atom is -0.378 e. The largest absolute Gasteiger partial charge is 0.378 e. The molecule has 1 aliphatic carbocycles. The molecule has 3 N–H and O–H groups in total. The number of hydrazine groups is 1. The standard InChI is InChI=1S/C16H31N3O2/c1-19(2)16(6-3-4-7-16)14(18-17)13-5-9-21-15(11-13)8-10-20-12-15/h13-14,18H,3-12,17H2,1-2H3. The molecule has 3 rings (SSSR count). The normalized spacial score (nSPS) is 37.4. The van der Waals surface area contributed by atoms with Crippen LogP contribution < -0.4 is 11.3 Å². The molecule has 5 heteroatoms. The molecule has 0 aromatic rings. The van der Waals surface area contributed by atoms with Gasteiger partial charge in [0, 0.05) is 31.2 Å². The highest BCUT2D eigenvalue weighted by molar-refractivity contribution is 5.06. The monoisotopic (exact) mass is 297 g/mol. The summed E-state index contributed by atoms with van der Waals surface area (Å²) in [6, 6.07) is 0.344. The SMILES string of the molecule is CN(C)C1(C(NN)C2CCOC3(CCOC3)C2)CCCC1. The van der Waals surface area contributed by atoms with Gasteiger partial charge in [-0.3, -0.25) is 11.3 Å². The maximum Gasteiger partial charge on any atom is 0.0939 e. The Labute approximate surface area is 128 Å². The molecule has 0 bridgehead atoms. The van der Waals surface area contributed by atoms with Crippen LogP contribution in [0.25, 0.3) is 0 Å². The zero-order valence-corrected chi connectivity index (χ0v) is 13.6. The molecule has 1 spiro atoms. The van der Waals surface area contributed by atoms with E-state index in [1.165, 1.54) is 25.7 Å². The number of hydrogen-bond donors (Lipinski definition) is 2. The minimum atomic E-state index is -0.0376. The zero-order valence-electron chi connectivity index (χ0n) is 13.6. The van der Waals surface area contributed by atoms with Crippen LogP contribution >= 0.6 is 0 Å². The van der Waals surface area contributed by atoms with Gasteiger partial charge in [0.25, 0.3) is 0 Å². The van der Waals surface area contributed by atoms with Gasteiger partial charge in [-0.05, 0) is 45.7 Å². The van der Waals surface area contributed by atoms with Crippen molar-refractivity contribution in [3.8, 4) is 0 Å². The van der Waals surface area contributed by atoms with Gasteiger partial charge in [0.1, 0.15) is 0 Å². The van der Waals surface area contributed by atoms with Crippen molar-refractivity contribution in [1.29, 1.82) is 0 Å². The summed E-state index contributed by atoms with van der Waals surface area (Å²) in [7, 11) is 4.42. The fourth-order valence-corrected chi connectivity index (χ4v) is 4.97. The molecule has 2 saturated heterocycles. The van der Waals surface area contributed by atoms with Crippen LogP contribution in [0.1, 0.15) is 44.9 Å². The molecule has 21 heavy (non-hydrogen) atoms. The second-order valence-electron chi connectivity index (χ2n) is 7.44. The van der Waals surface area contributed by atoms with Gasteiger partial charge in [-0.1, -0.05) is 12.8 Å². The maximum absolute atomic E-state index is 6.10. The Bertz CT molecular complexity index is 349. The summed E-state index contributed by atoms with van der Waals surface area (Å²) in [4.78, 5) is 2.41. The Morgan fingerprint density at radius 1 is 1.19 bits per heavy atom. The summed E-state index contributed by atoms with van der Waals surface area (Å²) >= 11 is 0. The molecule has 3 atom stereocenters. The van der Waals surface area contributed by atoms with Crippen molar-refractivity contribution in [2.45, 2.75) is 62.1 Å².